The third-order valence-corrected chi connectivity index (χ3v) is 5.33. The summed E-state index contributed by atoms with van der Waals surface area (Å²) < 4.78 is 22.2. The molecule has 0 spiro atoms. The minimum Gasteiger partial charge on any atom is -0.494 e. The molecule has 3 rings (SSSR count). The predicted octanol–water partition coefficient (Wildman–Crippen LogP) is 5.18. The molecule has 34 heavy (non-hydrogen) atoms. The number of carbonyl (C=O) groups excluding carboxylic acids is 1. The van der Waals surface area contributed by atoms with Gasteiger partial charge >= 0.3 is 0 Å². The molecule has 1 aromatic heterocycles. The molecule has 0 aliphatic carbocycles. The van der Waals surface area contributed by atoms with E-state index in [0.29, 0.717) is 31.3 Å². The Morgan fingerprint density at radius 2 is 1.82 bits per heavy atom. The molecule has 0 atom stereocenters. The second-order valence-corrected chi connectivity index (χ2v) is 7.99. The quantitative estimate of drug-likeness (QED) is 0.294. The maximum Gasteiger partial charge on any atom is 0.243 e. The van der Waals surface area contributed by atoms with Crippen LogP contribution < -0.4 is 19.5 Å². The minimum absolute atomic E-state index is 0.142. The molecule has 0 bridgehead atoms. The Balaban J connectivity index is 1.40. The van der Waals surface area contributed by atoms with Crippen LogP contribution in [0.1, 0.15) is 41.0 Å². The molecule has 0 aliphatic rings. The van der Waals surface area contributed by atoms with E-state index < -0.39 is 0 Å². The van der Waals surface area contributed by atoms with Gasteiger partial charge in [-0.15, -0.1) is 0 Å². The number of nitrogens with one attached hydrogen (secondary N) is 1. The normalized spacial score (nSPS) is 10.9. The maximum absolute atomic E-state index is 12.1. The lowest BCUT2D eigenvalue weighted by Crippen LogP contribution is -2.22. The van der Waals surface area contributed by atoms with Crippen molar-refractivity contribution in [3.8, 4) is 17.2 Å². The summed E-state index contributed by atoms with van der Waals surface area (Å²) in [6.45, 7) is 7.34. The lowest BCUT2D eigenvalue weighted by Gasteiger charge is -2.11. The summed E-state index contributed by atoms with van der Waals surface area (Å²) in [5, 5.41) is 6.83. The Hall–Kier alpha value is -3.74. The first-order valence-corrected chi connectivity index (χ1v) is 11.3. The Morgan fingerprint density at radius 1 is 1.03 bits per heavy atom. The summed E-state index contributed by atoms with van der Waals surface area (Å²) in [5.41, 5.74) is 3.77. The van der Waals surface area contributed by atoms with Crippen LogP contribution in [0.4, 0.5) is 0 Å². The number of rotatable bonds is 12. The average Bonchev–Trinajstić information content (AvgIpc) is 3.16. The van der Waals surface area contributed by atoms with E-state index in [0.717, 1.165) is 41.2 Å². The number of nitrogens with zero attached hydrogens (tertiary/aromatic N) is 1. The largest absolute Gasteiger partial charge is 0.494 e. The Morgan fingerprint density at radius 3 is 2.53 bits per heavy atom. The Bertz CT molecular complexity index is 1080. The van der Waals surface area contributed by atoms with Crippen LogP contribution >= 0.6 is 0 Å². The number of aromatic nitrogens is 1. The number of amides is 1. The number of ether oxygens (including phenoxy) is 3. The predicted molar refractivity (Wildman–Crippen MR) is 131 cm³/mol. The van der Waals surface area contributed by atoms with Crippen molar-refractivity contribution < 1.29 is 23.5 Å². The molecule has 0 unspecified atom stereocenters. The molecular weight excluding hydrogens is 432 g/mol. The van der Waals surface area contributed by atoms with Crippen molar-refractivity contribution in [2.45, 2.75) is 40.2 Å². The molecule has 2 aromatic carbocycles. The smallest absolute Gasteiger partial charge is 0.243 e. The van der Waals surface area contributed by atoms with Crippen LogP contribution in [0.3, 0.4) is 0 Å². The summed E-state index contributed by atoms with van der Waals surface area (Å²) in [7, 11) is 1.58. The lowest BCUT2D eigenvalue weighted by atomic mass is 10.2. The van der Waals surface area contributed by atoms with Crippen molar-refractivity contribution in [3.63, 3.8) is 0 Å². The minimum atomic E-state index is -0.142. The van der Waals surface area contributed by atoms with Crippen molar-refractivity contribution in [2.24, 2.45) is 0 Å². The van der Waals surface area contributed by atoms with Crippen LogP contribution in [0.15, 0.2) is 53.1 Å². The Kier molecular flexibility index (Phi) is 9.14. The topological polar surface area (TPSA) is 82.8 Å². The van der Waals surface area contributed by atoms with Crippen molar-refractivity contribution in [1.82, 2.24) is 10.5 Å². The number of methoxy groups -OCH3 is 1. The zero-order chi connectivity index (χ0) is 24.3. The van der Waals surface area contributed by atoms with Crippen LogP contribution in [-0.2, 0) is 11.4 Å². The zero-order valence-corrected chi connectivity index (χ0v) is 20.2. The van der Waals surface area contributed by atoms with E-state index in [2.05, 4.69) is 10.5 Å². The molecule has 0 fully saturated rings. The first-order valence-electron chi connectivity index (χ1n) is 11.3. The van der Waals surface area contributed by atoms with Crippen LogP contribution in [0, 0.1) is 20.8 Å². The zero-order valence-electron chi connectivity index (χ0n) is 20.2. The van der Waals surface area contributed by atoms with Gasteiger partial charge in [-0.25, -0.2) is 0 Å². The second-order valence-electron chi connectivity index (χ2n) is 7.99. The third kappa shape index (κ3) is 7.40. The SMILES string of the molecule is COc1cc(C=CC(=O)NCCCCOc2ccc(C)cc2)ccc1OCc1c(C)noc1C. The van der Waals surface area contributed by atoms with Gasteiger partial charge in [0.15, 0.2) is 11.5 Å². The first kappa shape index (κ1) is 24.9. The van der Waals surface area contributed by atoms with Crippen LogP contribution in [0.25, 0.3) is 6.08 Å². The number of hydrogen-bond acceptors (Lipinski definition) is 6. The summed E-state index contributed by atoms with van der Waals surface area (Å²) >= 11 is 0. The lowest BCUT2D eigenvalue weighted by molar-refractivity contribution is -0.116. The summed E-state index contributed by atoms with van der Waals surface area (Å²) in [6.07, 6.45) is 4.97. The van der Waals surface area contributed by atoms with Crippen LogP contribution in [-0.4, -0.2) is 31.3 Å². The molecule has 1 N–H and O–H groups in total. The number of hydrogen-bond donors (Lipinski definition) is 1. The second kappa shape index (κ2) is 12.5. The molecule has 1 amide bonds. The van der Waals surface area contributed by atoms with Gasteiger partial charge in [-0.2, -0.15) is 0 Å². The van der Waals surface area contributed by atoms with E-state index in [1.807, 2.05) is 63.2 Å². The number of carbonyl (C=O) groups is 1. The van der Waals surface area contributed by atoms with E-state index in [9.17, 15) is 4.79 Å². The first-order chi connectivity index (χ1) is 16.5. The van der Waals surface area contributed by atoms with Gasteiger partial charge in [-0.1, -0.05) is 28.9 Å². The third-order valence-electron chi connectivity index (χ3n) is 5.33. The van der Waals surface area contributed by atoms with Crippen LogP contribution in [0.5, 0.6) is 17.2 Å². The van der Waals surface area contributed by atoms with Gasteiger partial charge in [0, 0.05) is 12.6 Å². The molecule has 7 nitrogen and oxygen atoms in total. The van der Waals surface area contributed by atoms with Crippen molar-refractivity contribution in [3.05, 3.63) is 76.7 Å². The highest BCUT2D eigenvalue weighted by Gasteiger charge is 2.12. The fraction of sp³-hybridized carbons (Fsp3) is 0.333. The van der Waals surface area contributed by atoms with E-state index in [1.54, 1.807) is 13.2 Å². The van der Waals surface area contributed by atoms with Gasteiger partial charge in [0.05, 0.1) is 25.0 Å². The molecule has 1 heterocycles. The molecular formula is C27H32N2O5. The van der Waals surface area contributed by atoms with Gasteiger partial charge < -0.3 is 24.1 Å². The van der Waals surface area contributed by atoms with Gasteiger partial charge in [0.1, 0.15) is 18.1 Å². The molecule has 0 radical (unpaired) electrons. The summed E-state index contributed by atoms with van der Waals surface area (Å²) in [6, 6.07) is 13.5. The van der Waals surface area contributed by atoms with E-state index in [4.69, 9.17) is 18.7 Å². The molecule has 0 saturated carbocycles. The Labute approximate surface area is 200 Å². The van der Waals surface area contributed by atoms with Gasteiger partial charge in [-0.3, -0.25) is 4.79 Å². The summed E-state index contributed by atoms with van der Waals surface area (Å²) in [4.78, 5) is 12.1. The molecule has 7 heteroatoms. The highest BCUT2D eigenvalue weighted by atomic mass is 16.5. The summed E-state index contributed by atoms with van der Waals surface area (Å²) in [5.74, 6) is 2.66. The highest BCUT2D eigenvalue weighted by Crippen LogP contribution is 2.30. The van der Waals surface area contributed by atoms with Crippen molar-refractivity contribution in [1.29, 1.82) is 0 Å². The van der Waals surface area contributed by atoms with Crippen LogP contribution in [0.2, 0.25) is 0 Å². The molecule has 180 valence electrons. The van der Waals surface area contributed by atoms with E-state index >= 15 is 0 Å². The maximum atomic E-state index is 12.1. The standard InChI is InChI=1S/C27H32N2O5/c1-19-7-11-23(12-8-19)32-16-6-5-15-28-27(30)14-10-22-9-13-25(26(17-22)31-4)33-18-24-20(2)29-34-21(24)3/h7-14,17H,5-6,15-16,18H2,1-4H3,(H,28,30). The monoisotopic (exact) mass is 464 g/mol. The molecule has 0 aliphatic heterocycles. The van der Waals surface area contributed by atoms with Crippen molar-refractivity contribution >= 4 is 12.0 Å². The fourth-order valence-corrected chi connectivity index (χ4v) is 3.26. The fourth-order valence-electron chi connectivity index (χ4n) is 3.26. The van der Waals surface area contributed by atoms with E-state index in [-0.39, 0.29) is 5.91 Å². The van der Waals surface area contributed by atoms with Gasteiger partial charge in [0.2, 0.25) is 5.91 Å². The number of aryl methyl sites for hydroxylation is 3. The van der Waals surface area contributed by atoms with Gasteiger partial charge in [-0.05, 0) is 69.5 Å². The number of benzene rings is 2. The average molecular weight is 465 g/mol. The van der Waals surface area contributed by atoms with Crippen molar-refractivity contribution in [2.75, 3.05) is 20.3 Å². The highest BCUT2D eigenvalue weighted by molar-refractivity contribution is 5.91. The van der Waals surface area contributed by atoms with E-state index in [1.165, 1.54) is 11.6 Å². The molecule has 3 aromatic rings. The number of unbranched alkanes of at least 4 members (excludes halogenated alkanes) is 1. The van der Waals surface area contributed by atoms with Gasteiger partial charge in [0.25, 0.3) is 0 Å². The molecule has 0 saturated heterocycles.